The van der Waals surface area contributed by atoms with Crippen molar-refractivity contribution < 1.29 is 4.39 Å². The first-order valence-electron chi connectivity index (χ1n) is 7.28. The maximum Gasteiger partial charge on any atom is 0.148 e. The third kappa shape index (κ3) is 2.68. The third-order valence-corrected chi connectivity index (χ3v) is 4.43. The zero-order chi connectivity index (χ0) is 13.2. The number of hydrogen-bond acceptors (Lipinski definition) is 3. The summed E-state index contributed by atoms with van der Waals surface area (Å²) in [5.41, 5.74) is 6.79. The van der Waals surface area contributed by atoms with Gasteiger partial charge in [-0.25, -0.2) is 4.39 Å². The van der Waals surface area contributed by atoms with Crippen LogP contribution in [0.2, 0.25) is 0 Å². The van der Waals surface area contributed by atoms with Gasteiger partial charge in [-0.3, -0.25) is 0 Å². The molecule has 4 heteroatoms. The standard InChI is InChI=1S/C15H22FN3/c16-14-11-12(17)3-4-15(14)19-9-5-13(6-10-19)18-7-1-2-8-18/h3-4,11,13H,1-2,5-10,17H2. The fraction of sp³-hybridized carbons (Fsp3) is 0.600. The van der Waals surface area contributed by atoms with E-state index >= 15 is 0 Å². The first-order chi connectivity index (χ1) is 9.24. The normalized spacial score (nSPS) is 22.1. The summed E-state index contributed by atoms with van der Waals surface area (Å²) in [5, 5.41) is 0. The van der Waals surface area contributed by atoms with E-state index in [1.54, 1.807) is 12.1 Å². The van der Waals surface area contributed by atoms with E-state index in [9.17, 15) is 4.39 Å². The van der Waals surface area contributed by atoms with Gasteiger partial charge in [0.2, 0.25) is 0 Å². The molecule has 0 saturated carbocycles. The molecule has 0 bridgehead atoms. The molecule has 3 nitrogen and oxygen atoms in total. The second-order valence-electron chi connectivity index (χ2n) is 5.67. The third-order valence-electron chi connectivity index (χ3n) is 4.43. The van der Waals surface area contributed by atoms with E-state index in [-0.39, 0.29) is 5.82 Å². The predicted octanol–water partition coefficient (Wildman–Crippen LogP) is 2.47. The molecule has 0 amide bonds. The number of hydrogen-bond donors (Lipinski definition) is 1. The Kier molecular flexibility index (Phi) is 3.60. The minimum atomic E-state index is -0.195. The lowest BCUT2D eigenvalue weighted by molar-refractivity contribution is 0.207. The molecule has 0 unspecified atom stereocenters. The second-order valence-corrected chi connectivity index (χ2v) is 5.67. The molecule has 2 saturated heterocycles. The van der Waals surface area contributed by atoms with Crippen LogP contribution in [0, 0.1) is 5.82 Å². The van der Waals surface area contributed by atoms with Crippen LogP contribution in [0.15, 0.2) is 18.2 Å². The lowest BCUT2D eigenvalue weighted by Crippen LogP contribution is -2.44. The highest BCUT2D eigenvalue weighted by atomic mass is 19.1. The Bertz CT molecular complexity index is 435. The number of anilines is 2. The van der Waals surface area contributed by atoms with Gasteiger partial charge in [-0.15, -0.1) is 0 Å². The Balaban J connectivity index is 1.63. The van der Waals surface area contributed by atoms with Crippen LogP contribution in [0.25, 0.3) is 0 Å². The molecule has 3 rings (SSSR count). The molecule has 0 aliphatic carbocycles. The van der Waals surface area contributed by atoms with Gasteiger partial charge in [0.25, 0.3) is 0 Å². The highest BCUT2D eigenvalue weighted by Gasteiger charge is 2.27. The van der Waals surface area contributed by atoms with Crippen LogP contribution in [-0.2, 0) is 0 Å². The first-order valence-corrected chi connectivity index (χ1v) is 7.28. The zero-order valence-electron chi connectivity index (χ0n) is 11.3. The number of nitrogens with zero attached hydrogens (tertiary/aromatic N) is 2. The quantitative estimate of drug-likeness (QED) is 0.832. The van der Waals surface area contributed by atoms with Gasteiger partial charge in [0.05, 0.1) is 5.69 Å². The summed E-state index contributed by atoms with van der Waals surface area (Å²) in [4.78, 5) is 4.76. The van der Waals surface area contributed by atoms with Crippen LogP contribution in [0.1, 0.15) is 25.7 Å². The number of piperidine rings is 1. The van der Waals surface area contributed by atoms with Crippen molar-refractivity contribution in [1.29, 1.82) is 0 Å². The Morgan fingerprint density at radius 2 is 1.74 bits per heavy atom. The molecule has 2 aliphatic heterocycles. The van der Waals surface area contributed by atoms with E-state index in [0.29, 0.717) is 17.4 Å². The Labute approximate surface area is 114 Å². The summed E-state index contributed by atoms with van der Waals surface area (Å²) in [6.45, 7) is 4.39. The minimum absolute atomic E-state index is 0.195. The van der Waals surface area contributed by atoms with Crippen molar-refractivity contribution in [3.05, 3.63) is 24.0 Å². The number of nitrogens with two attached hydrogens (primary N) is 1. The van der Waals surface area contributed by atoms with E-state index in [1.165, 1.54) is 32.0 Å². The average Bonchev–Trinajstić information content (AvgIpc) is 2.93. The summed E-state index contributed by atoms with van der Waals surface area (Å²) >= 11 is 0. The van der Waals surface area contributed by atoms with Crippen LogP contribution in [-0.4, -0.2) is 37.1 Å². The number of nitrogen functional groups attached to an aromatic ring is 1. The van der Waals surface area contributed by atoms with Crippen molar-refractivity contribution in [3.63, 3.8) is 0 Å². The number of benzene rings is 1. The summed E-state index contributed by atoms with van der Waals surface area (Å²) in [6, 6.07) is 5.71. The molecule has 0 spiro atoms. The minimum Gasteiger partial charge on any atom is -0.399 e. The van der Waals surface area contributed by atoms with Crippen LogP contribution >= 0.6 is 0 Å². The molecule has 2 N–H and O–H groups in total. The smallest absolute Gasteiger partial charge is 0.148 e. The maximum atomic E-state index is 13.9. The molecule has 104 valence electrons. The van der Waals surface area contributed by atoms with Crippen LogP contribution in [0.5, 0.6) is 0 Å². The maximum absolute atomic E-state index is 13.9. The summed E-state index contributed by atoms with van der Waals surface area (Å²) in [5.74, 6) is -0.195. The van der Waals surface area contributed by atoms with Gasteiger partial charge in [-0.05, 0) is 57.0 Å². The Hall–Kier alpha value is -1.29. The topological polar surface area (TPSA) is 32.5 Å². The summed E-state index contributed by atoms with van der Waals surface area (Å²) in [6.07, 6.45) is 4.97. The highest BCUT2D eigenvalue weighted by Crippen LogP contribution is 2.27. The molecule has 0 aromatic heterocycles. The largest absolute Gasteiger partial charge is 0.399 e. The summed E-state index contributed by atoms with van der Waals surface area (Å²) < 4.78 is 13.9. The molecule has 2 heterocycles. The van der Waals surface area contributed by atoms with E-state index in [0.717, 1.165) is 25.9 Å². The van der Waals surface area contributed by atoms with E-state index in [2.05, 4.69) is 9.80 Å². The van der Waals surface area contributed by atoms with Gasteiger partial charge >= 0.3 is 0 Å². The number of rotatable bonds is 2. The van der Waals surface area contributed by atoms with E-state index < -0.39 is 0 Å². The van der Waals surface area contributed by atoms with Gasteiger partial charge in [-0.1, -0.05) is 0 Å². The SMILES string of the molecule is Nc1ccc(N2CCC(N3CCCC3)CC2)c(F)c1. The molecule has 1 aromatic rings. The van der Waals surface area contributed by atoms with Crippen molar-refractivity contribution in [2.24, 2.45) is 0 Å². The van der Waals surface area contributed by atoms with Gasteiger partial charge in [0.1, 0.15) is 5.82 Å². The van der Waals surface area contributed by atoms with Crippen molar-refractivity contribution in [1.82, 2.24) is 4.90 Å². The van der Waals surface area contributed by atoms with Gasteiger partial charge < -0.3 is 15.5 Å². The van der Waals surface area contributed by atoms with Gasteiger partial charge in [0.15, 0.2) is 0 Å². The first kappa shape index (κ1) is 12.7. The van der Waals surface area contributed by atoms with Gasteiger partial charge in [-0.2, -0.15) is 0 Å². The number of likely N-dealkylation sites (tertiary alicyclic amines) is 1. The van der Waals surface area contributed by atoms with Crippen molar-refractivity contribution in [2.75, 3.05) is 36.8 Å². The highest BCUT2D eigenvalue weighted by molar-refractivity contribution is 5.54. The van der Waals surface area contributed by atoms with E-state index in [4.69, 9.17) is 5.73 Å². The van der Waals surface area contributed by atoms with Gasteiger partial charge in [0, 0.05) is 24.8 Å². The molecule has 0 radical (unpaired) electrons. The van der Waals surface area contributed by atoms with Crippen LogP contribution in [0.4, 0.5) is 15.8 Å². The van der Waals surface area contributed by atoms with Crippen LogP contribution in [0.3, 0.4) is 0 Å². The molecule has 1 aromatic carbocycles. The van der Waals surface area contributed by atoms with Crippen LogP contribution < -0.4 is 10.6 Å². The molecule has 0 atom stereocenters. The number of halogens is 1. The Morgan fingerprint density at radius 3 is 2.37 bits per heavy atom. The van der Waals surface area contributed by atoms with Crippen molar-refractivity contribution in [2.45, 2.75) is 31.7 Å². The lowest BCUT2D eigenvalue weighted by atomic mass is 10.0. The predicted molar refractivity (Wildman–Crippen MR) is 76.9 cm³/mol. The van der Waals surface area contributed by atoms with Crippen molar-refractivity contribution >= 4 is 11.4 Å². The fourth-order valence-corrected chi connectivity index (χ4v) is 3.36. The molecule has 2 aliphatic rings. The average molecular weight is 263 g/mol. The fourth-order valence-electron chi connectivity index (χ4n) is 3.36. The van der Waals surface area contributed by atoms with E-state index in [1.807, 2.05) is 0 Å². The summed E-state index contributed by atoms with van der Waals surface area (Å²) in [7, 11) is 0. The molecular weight excluding hydrogens is 241 g/mol. The zero-order valence-corrected chi connectivity index (χ0v) is 11.3. The second kappa shape index (κ2) is 5.37. The molecule has 2 fully saturated rings. The van der Waals surface area contributed by atoms with Crippen molar-refractivity contribution in [3.8, 4) is 0 Å². The monoisotopic (exact) mass is 263 g/mol. The molecular formula is C15H22FN3. The lowest BCUT2D eigenvalue weighted by Gasteiger charge is -2.37. The Morgan fingerprint density at radius 1 is 1.05 bits per heavy atom. The molecule has 19 heavy (non-hydrogen) atoms.